The smallest absolute Gasteiger partial charge is 0.319 e. The second-order valence-corrected chi connectivity index (χ2v) is 10.6. The fourth-order valence-corrected chi connectivity index (χ4v) is 6.07. The number of benzene rings is 2. The number of halogens is 2. The van der Waals surface area contributed by atoms with Crippen LogP contribution in [0.1, 0.15) is 32.5 Å². The van der Waals surface area contributed by atoms with Crippen molar-refractivity contribution in [2.75, 3.05) is 38.1 Å². The average molecular weight is 554 g/mol. The molecule has 4 aliphatic heterocycles. The van der Waals surface area contributed by atoms with Gasteiger partial charge in [0.05, 0.1) is 13.8 Å². The number of ether oxygens (including phenoxy) is 1. The van der Waals surface area contributed by atoms with Gasteiger partial charge in [-0.05, 0) is 62.8 Å². The van der Waals surface area contributed by atoms with Gasteiger partial charge in [0.25, 0.3) is 5.56 Å². The number of likely N-dealkylation sites (tertiary alicyclic amines) is 1. The third kappa shape index (κ3) is 4.15. The molecule has 0 radical (unpaired) electrons. The number of anilines is 1. The van der Waals surface area contributed by atoms with E-state index in [1.165, 1.54) is 18.3 Å². The standard InChI is InChI=1S/C29H30F2N6O3/c1-35-9-2-3-19(35)15-40-29-33-26-21(27(34-29)37-14-17-5-6-18(37)13-32-17)8-10-36(28(26)39)23-12-20(38)11-16-4-7-22(30)25(31)24(16)23/h4,7-8,10-12,17-19,32,38H,2-3,5-6,9,13-15H2,1H3/t17?,18?,19-/m0/s1/i1D3,15D2. The molecular weight excluding hydrogens is 518 g/mol. The summed E-state index contributed by atoms with van der Waals surface area (Å²) in [5.74, 6) is -2.24. The highest BCUT2D eigenvalue weighted by Crippen LogP contribution is 2.34. The summed E-state index contributed by atoms with van der Waals surface area (Å²) >= 11 is 0. The van der Waals surface area contributed by atoms with Gasteiger partial charge in [0.15, 0.2) is 11.6 Å². The number of nitrogens with zero attached hydrogens (tertiary/aromatic N) is 5. The summed E-state index contributed by atoms with van der Waals surface area (Å²) < 4.78 is 77.2. The molecule has 9 nitrogen and oxygen atoms in total. The Hall–Kier alpha value is -3.83. The molecule has 2 N–H and O–H groups in total. The zero-order valence-electron chi connectivity index (χ0n) is 26.4. The summed E-state index contributed by atoms with van der Waals surface area (Å²) in [7, 11) is 0. The Bertz CT molecular complexity index is 1880. The molecule has 2 bridgehead atoms. The summed E-state index contributed by atoms with van der Waals surface area (Å²) in [5.41, 5.74) is -1.05. The minimum Gasteiger partial charge on any atom is -0.508 e. The van der Waals surface area contributed by atoms with Crippen LogP contribution in [0.2, 0.25) is 0 Å². The number of piperidine rings is 2. The molecule has 2 unspecified atom stereocenters. The number of phenolic OH excluding ortho intramolecular Hbond substituents is 1. The number of aromatic hydroxyl groups is 1. The predicted octanol–water partition coefficient (Wildman–Crippen LogP) is 3.33. The van der Waals surface area contributed by atoms with E-state index in [1.54, 1.807) is 6.07 Å². The number of hydrogen-bond donors (Lipinski definition) is 2. The summed E-state index contributed by atoms with van der Waals surface area (Å²) in [6, 6.07) is 4.84. The average Bonchev–Trinajstić information content (AvgIpc) is 3.52. The fraction of sp³-hybridized carbons (Fsp3) is 0.414. The van der Waals surface area contributed by atoms with Gasteiger partial charge in [0, 0.05) is 53.0 Å². The normalized spacial score (nSPS) is 25.5. The molecule has 4 saturated heterocycles. The summed E-state index contributed by atoms with van der Waals surface area (Å²) in [6.45, 7) is -3.66. The van der Waals surface area contributed by atoms with E-state index < -0.39 is 42.8 Å². The Morgan fingerprint density at radius 2 is 2.12 bits per heavy atom. The van der Waals surface area contributed by atoms with Crippen molar-refractivity contribution in [2.24, 2.45) is 0 Å². The van der Waals surface area contributed by atoms with E-state index in [4.69, 9.17) is 11.6 Å². The highest BCUT2D eigenvalue weighted by Gasteiger charge is 2.36. The minimum atomic E-state index is -2.54. The highest BCUT2D eigenvalue weighted by molar-refractivity contribution is 5.94. The van der Waals surface area contributed by atoms with Crippen LogP contribution >= 0.6 is 0 Å². The third-order valence-electron chi connectivity index (χ3n) is 8.11. The topological polar surface area (TPSA) is 95.8 Å². The molecule has 0 spiro atoms. The van der Waals surface area contributed by atoms with E-state index in [-0.39, 0.29) is 52.8 Å². The lowest BCUT2D eigenvalue weighted by Gasteiger charge is -2.46. The first kappa shape index (κ1) is 20.1. The monoisotopic (exact) mass is 553 g/mol. The molecule has 8 rings (SSSR count). The van der Waals surface area contributed by atoms with E-state index in [1.807, 2.05) is 4.90 Å². The van der Waals surface area contributed by atoms with E-state index in [0.29, 0.717) is 30.7 Å². The molecule has 0 amide bonds. The summed E-state index contributed by atoms with van der Waals surface area (Å²) in [4.78, 5) is 26.2. The number of likely N-dealkylation sites (N-methyl/N-ethyl adjacent to an activating group) is 1. The maximum atomic E-state index is 15.1. The van der Waals surface area contributed by atoms with Crippen LogP contribution in [0.5, 0.6) is 11.8 Å². The van der Waals surface area contributed by atoms with Crippen LogP contribution < -0.4 is 20.5 Å². The number of phenols is 1. The molecule has 2 aromatic heterocycles. The number of hydrogen-bond acceptors (Lipinski definition) is 8. The van der Waals surface area contributed by atoms with E-state index in [2.05, 4.69) is 15.3 Å². The highest BCUT2D eigenvalue weighted by atomic mass is 19.2. The molecule has 208 valence electrons. The van der Waals surface area contributed by atoms with Gasteiger partial charge < -0.3 is 25.0 Å². The number of rotatable bonds is 5. The van der Waals surface area contributed by atoms with Gasteiger partial charge in [-0.2, -0.15) is 9.97 Å². The van der Waals surface area contributed by atoms with Crippen LogP contribution in [0, 0.1) is 11.6 Å². The van der Waals surface area contributed by atoms with Gasteiger partial charge in [-0.15, -0.1) is 0 Å². The third-order valence-corrected chi connectivity index (χ3v) is 8.11. The van der Waals surface area contributed by atoms with Crippen LogP contribution in [-0.4, -0.2) is 75.8 Å². The van der Waals surface area contributed by atoms with Crippen molar-refractivity contribution in [2.45, 2.75) is 43.8 Å². The Morgan fingerprint density at radius 1 is 1.23 bits per heavy atom. The molecule has 2 aromatic carbocycles. The SMILES string of the molecule is [2H]C([2H])(Oc1nc(N2CC3CCC2CN3)c2ccn(-c3cc(O)cc4ccc(F)c(F)c34)c(=O)c2n1)[C@@H]1CCCN1C([2H])([2H])[2H]. The van der Waals surface area contributed by atoms with Crippen LogP contribution in [0.15, 0.2) is 41.3 Å². The predicted molar refractivity (Wildman–Crippen MR) is 148 cm³/mol. The van der Waals surface area contributed by atoms with Crippen molar-refractivity contribution < 1.29 is 25.5 Å². The van der Waals surface area contributed by atoms with Crippen molar-refractivity contribution in [3.05, 3.63) is 58.5 Å². The number of piperazine rings is 1. The molecule has 3 atom stereocenters. The van der Waals surface area contributed by atoms with Crippen LogP contribution in [-0.2, 0) is 0 Å². The number of fused-ring (bicyclic) bond motifs is 5. The zero-order chi connectivity index (χ0) is 31.8. The lowest BCUT2D eigenvalue weighted by molar-refractivity contribution is 0.188. The lowest BCUT2D eigenvalue weighted by Crippen LogP contribution is -2.61. The van der Waals surface area contributed by atoms with Crippen molar-refractivity contribution in [3.63, 3.8) is 0 Å². The molecule has 0 saturated carbocycles. The van der Waals surface area contributed by atoms with Crippen molar-refractivity contribution in [1.82, 2.24) is 24.8 Å². The maximum absolute atomic E-state index is 15.1. The Kier molecular flexibility index (Phi) is 4.86. The molecule has 4 aliphatic rings. The Morgan fingerprint density at radius 3 is 2.90 bits per heavy atom. The van der Waals surface area contributed by atoms with Gasteiger partial charge >= 0.3 is 6.01 Å². The quantitative estimate of drug-likeness (QED) is 0.389. The summed E-state index contributed by atoms with van der Waals surface area (Å²) in [5, 5.41) is 14.1. The fourth-order valence-electron chi connectivity index (χ4n) is 6.07. The molecule has 11 heteroatoms. The molecular formula is C29H30F2N6O3. The van der Waals surface area contributed by atoms with Crippen LogP contribution in [0.25, 0.3) is 27.4 Å². The molecule has 4 aromatic rings. The Labute approximate surface area is 236 Å². The molecule has 6 heterocycles. The van der Waals surface area contributed by atoms with Crippen LogP contribution in [0.3, 0.4) is 0 Å². The van der Waals surface area contributed by atoms with Gasteiger partial charge in [0.1, 0.15) is 23.6 Å². The van der Waals surface area contributed by atoms with Crippen molar-refractivity contribution in [1.29, 1.82) is 0 Å². The molecule has 40 heavy (non-hydrogen) atoms. The first-order valence-electron chi connectivity index (χ1n) is 15.8. The second kappa shape index (κ2) is 9.67. The lowest BCUT2D eigenvalue weighted by atomic mass is 9.93. The first-order valence-corrected chi connectivity index (χ1v) is 13.3. The first-order chi connectivity index (χ1) is 21.3. The van der Waals surface area contributed by atoms with Crippen molar-refractivity contribution >= 4 is 27.5 Å². The number of nitrogens with one attached hydrogen (secondary N) is 1. The zero-order valence-corrected chi connectivity index (χ0v) is 21.4. The number of aromatic nitrogens is 3. The van der Waals surface area contributed by atoms with Gasteiger partial charge in [0.2, 0.25) is 0 Å². The van der Waals surface area contributed by atoms with E-state index >= 15 is 4.39 Å². The number of pyridine rings is 1. The van der Waals surface area contributed by atoms with Gasteiger partial charge in [-0.25, -0.2) is 8.78 Å². The van der Waals surface area contributed by atoms with E-state index in [9.17, 15) is 14.3 Å². The van der Waals surface area contributed by atoms with Gasteiger partial charge in [-0.1, -0.05) is 6.07 Å². The summed E-state index contributed by atoms with van der Waals surface area (Å²) in [6.07, 6.45) is 3.89. The van der Waals surface area contributed by atoms with E-state index in [0.717, 1.165) is 34.4 Å². The minimum absolute atomic E-state index is 0.0353. The molecule has 4 fully saturated rings. The maximum Gasteiger partial charge on any atom is 0.319 e. The van der Waals surface area contributed by atoms with Crippen LogP contribution in [0.4, 0.5) is 14.6 Å². The Balaban J connectivity index is 1.40. The van der Waals surface area contributed by atoms with Gasteiger partial charge in [-0.3, -0.25) is 9.36 Å². The largest absolute Gasteiger partial charge is 0.508 e. The van der Waals surface area contributed by atoms with Crippen molar-refractivity contribution in [3.8, 4) is 17.4 Å². The second-order valence-electron chi connectivity index (χ2n) is 10.6. The molecule has 0 aliphatic carbocycles.